The SMILES string of the molecule is CC.CC/C=C(/c1ncc(CO)cc1P)N(C)/C(Cl)=C(\C)C(F)(F)F. The van der Waals surface area contributed by atoms with Crippen molar-refractivity contribution in [3.8, 4) is 0 Å². The van der Waals surface area contributed by atoms with Crippen LogP contribution in [0.15, 0.2) is 29.1 Å². The normalized spacial score (nSPS) is 13.0. The van der Waals surface area contributed by atoms with Crippen LogP contribution in [0.4, 0.5) is 13.2 Å². The fourth-order valence-corrected chi connectivity index (χ4v) is 2.52. The Balaban J connectivity index is 0.00000277. The zero-order chi connectivity index (χ0) is 19.8. The topological polar surface area (TPSA) is 36.4 Å². The number of aromatic nitrogens is 1. The lowest BCUT2D eigenvalue weighted by atomic mass is 10.2. The molecule has 0 bridgehead atoms. The highest BCUT2D eigenvalue weighted by molar-refractivity contribution is 7.27. The molecule has 0 saturated heterocycles. The van der Waals surface area contributed by atoms with Crippen molar-refractivity contribution in [1.29, 1.82) is 0 Å². The van der Waals surface area contributed by atoms with Gasteiger partial charge in [0.2, 0.25) is 0 Å². The van der Waals surface area contributed by atoms with Gasteiger partial charge in [-0.05, 0) is 30.3 Å². The standard InChI is InChI=1S/C15H19ClF3N2OP.C2H6/c1-4-5-11(13-12(23)6-10(8-22)7-20-13)21(3)14(16)9(2)15(17,18)19;1-2/h5-7,22H,4,8,23H2,1-3H3;1-2H3/b11-5-,14-9+;. The number of hydrogen-bond acceptors (Lipinski definition) is 3. The van der Waals surface area contributed by atoms with Crippen LogP contribution in [-0.4, -0.2) is 28.2 Å². The minimum atomic E-state index is -4.50. The largest absolute Gasteiger partial charge is 0.415 e. The molecule has 8 heteroatoms. The molecule has 0 aromatic carbocycles. The highest BCUT2D eigenvalue weighted by Crippen LogP contribution is 2.33. The lowest BCUT2D eigenvalue weighted by Gasteiger charge is -2.25. The molecule has 142 valence electrons. The first-order valence-electron chi connectivity index (χ1n) is 7.86. The molecular weight excluding hydrogens is 372 g/mol. The summed E-state index contributed by atoms with van der Waals surface area (Å²) in [7, 11) is 3.93. The van der Waals surface area contributed by atoms with Gasteiger partial charge in [0.05, 0.1) is 23.6 Å². The molecule has 0 aliphatic heterocycles. The van der Waals surface area contributed by atoms with Crippen LogP contribution in [0.3, 0.4) is 0 Å². The van der Waals surface area contributed by atoms with Gasteiger partial charge in [-0.15, -0.1) is 9.24 Å². The Hall–Kier alpha value is -1.10. The molecule has 0 radical (unpaired) electrons. The van der Waals surface area contributed by atoms with Gasteiger partial charge in [-0.3, -0.25) is 4.98 Å². The van der Waals surface area contributed by atoms with Crippen molar-refractivity contribution in [2.45, 2.75) is 46.9 Å². The Morgan fingerprint density at radius 1 is 1.40 bits per heavy atom. The van der Waals surface area contributed by atoms with Gasteiger partial charge < -0.3 is 10.0 Å². The maximum Gasteiger partial charge on any atom is 0.415 e. The van der Waals surface area contributed by atoms with Crippen LogP contribution in [0.25, 0.3) is 5.70 Å². The van der Waals surface area contributed by atoms with E-state index < -0.39 is 16.9 Å². The minimum Gasteiger partial charge on any atom is -0.392 e. The molecule has 0 fully saturated rings. The van der Waals surface area contributed by atoms with Crippen LogP contribution in [0.1, 0.15) is 45.4 Å². The van der Waals surface area contributed by atoms with E-state index in [2.05, 4.69) is 14.2 Å². The van der Waals surface area contributed by atoms with Gasteiger partial charge in [-0.25, -0.2) is 0 Å². The Kier molecular flexibility index (Phi) is 10.3. The molecule has 1 N–H and O–H groups in total. The van der Waals surface area contributed by atoms with E-state index >= 15 is 0 Å². The molecule has 0 aliphatic rings. The summed E-state index contributed by atoms with van der Waals surface area (Å²) < 4.78 is 38.6. The molecule has 0 amide bonds. The molecule has 0 spiro atoms. The van der Waals surface area contributed by atoms with Crippen LogP contribution in [0, 0.1) is 0 Å². The Bertz CT molecular complexity index is 631. The van der Waals surface area contributed by atoms with Crippen molar-refractivity contribution in [3.63, 3.8) is 0 Å². The third-order valence-electron chi connectivity index (χ3n) is 3.19. The summed E-state index contributed by atoms with van der Waals surface area (Å²) in [5.74, 6) is 0. The maximum absolute atomic E-state index is 12.9. The van der Waals surface area contributed by atoms with Crippen LogP contribution >= 0.6 is 20.8 Å². The monoisotopic (exact) mass is 396 g/mol. The van der Waals surface area contributed by atoms with Crippen molar-refractivity contribution < 1.29 is 18.3 Å². The number of hydrogen-bond donors (Lipinski definition) is 1. The second kappa shape index (κ2) is 10.8. The predicted octanol–water partition coefficient (Wildman–Crippen LogP) is 4.82. The van der Waals surface area contributed by atoms with Gasteiger partial charge in [-0.1, -0.05) is 38.4 Å². The van der Waals surface area contributed by atoms with E-state index in [4.69, 9.17) is 16.7 Å². The van der Waals surface area contributed by atoms with Crippen molar-refractivity contribution >= 4 is 31.8 Å². The molecular formula is C17H25ClF3N2OP. The number of nitrogens with zero attached hydrogens (tertiary/aromatic N) is 2. The molecule has 0 saturated carbocycles. The van der Waals surface area contributed by atoms with E-state index in [0.29, 0.717) is 28.7 Å². The lowest BCUT2D eigenvalue weighted by molar-refractivity contribution is -0.0924. The molecule has 0 aliphatic carbocycles. The molecule has 1 heterocycles. The summed E-state index contributed by atoms with van der Waals surface area (Å²) in [6.07, 6.45) is -0.669. The maximum atomic E-state index is 12.9. The minimum absolute atomic E-state index is 0.162. The van der Waals surface area contributed by atoms with Gasteiger partial charge in [0.25, 0.3) is 0 Å². The van der Waals surface area contributed by atoms with E-state index in [1.165, 1.54) is 18.1 Å². The summed E-state index contributed by atoms with van der Waals surface area (Å²) in [4.78, 5) is 5.51. The molecule has 1 rings (SSSR count). The Labute approximate surface area is 154 Å². The molecule has 1 unspecified atom stereocenters. The van der Waals surface area contributed by atoms with E-state index in [-0.39, 0.29) is 6.61 Å². The van der Waals surface area contributed by atoms with E-state index in [1.807, 2.05) is 20.8 Å². The number of pyridine rings is 1. The zero-order valence-corrected chi connectivity index (χ0v) is 17.0. The summed E-state index contributed by atoms with van der Waals surface area (Å²) in [5, 5.41) is 9.38. The van der Waals surface area contributed by atoms with E-state index in [1.54, 1.807) is 12.1 Å². The van der Waals surface area contributed by atoms with Gasteiger partial charge in [0.1, 0.15) is 5.16 Å². The third-order valence-corrected chi connectivity index (χ3v) is 4.16. The smallest absolute Gasteiger partial charge is 0.392 e. The highest BCUT2D eigenvalue weighted by atomic mass is 35.5. The average molecular weight is 397 g/mol. The molecule has 3 nitrogen and oxygen atoms in total. The van der Waals surface area contributed by atoms with E-state index in [0.717, 1.165) is 6.92 Å². The molecule has 1 atom stereocenters. The molecule has 1 aromatic heterocycles. The number of alkyl halides is 3. The van der Waals surface area contributed by atoms with Crippen LogP contribution in [0.2, 0.25) is 0 Å². The van der Waals surface area contributed by atoms with Crippen molar-refractivity contribution in [3.05, 3.63) is 40.3 Å². The summed E-state index contributed by atoms with van der Waals surface area (Å²) >= 11 is 5.93. The van der Waals surface area contributed by atoms with Crippen molar-refractivity contribution in [2.24, 2.45) is 0 Å². The van der Waals surface area contributed by atoms with Gasteiger partial charge in [-0.2, -0.15) is 13.2 Å². The fraction of sp³-hybridized carbons (Fsp3) is 0.471. The number of aliphatic hydroxyl groups is 1. The van der Waals surface area contributed by atoms with Gasteiger partial charge in [0.15, 0.2) is 0 Å². The van der Waals surface area contributed by atoms with Crippen LogP contribution < -0.4 is 5.30 Å². The quantitative estimate of drug-likeness (QED) is 0.573. The first kappa shape index (κ1) is 23.9. The molecule has 1 aromatic rings. The van der Waals surface area contributed by atoms with Gasteiger partial charge in [0, 0.05) is 13.2 Å². The van der Waals surface area contributed by atoms with Crippen molar-refractivity contribution in [2.75, 3.05) is 7.05 Å². The summed E-state index contributed by atoms with van der Waals surface area (Å²) in [6, 6.07) is 1.71. The summed E-state index contributed by atoms with van der Waals surface area (Å²) in [5.41, 5.74) is 0.701. The Morgan fingerprint density at radius 2 is 1.96 bits per heavy atom. The van der Waals surface area contributed by atoms with Crippen molar-refractivity contribution in [1.82, 2.24) is 9.88 Å². The van der Waals surface area contributed by atoms with E-state index in [9.17, 15) is 13.2 Å². The first-order chi connectivity index (χ1) is 11.6. The first-order valence-corrected chi connectivity index (χ1v) is 8.82. The summed E-state index contributed by atoms with van der Waals surface area (Å²) in [6.45, 7) is 6.64. The van der Waals surface area contributed by atoms with Crippen LogP contribution in [-0.2, 0) is 6.61 Å². The molecule has 25 heavy (non-hydrogen) atoms. The highest BCUT2D eigenvalue weighted by Gasteiger charge is 2.34. The van der Waals surface area contributed by atoms with Gasteiger partial charge >= 0.3 is 6.18 Å². The Morgan fingerprint density at radius 3 is 2.36 bits per heavy atom. The number of rotatable bonds is 5. The predicted molar refractivity (Wildman–Crippen MR) is 101 cm³/mol. The second-order valence-corrected chi connectivity index (χ2v) is 5.89. The lowest BCUT2D eigenvalue weighted by Crippen LogP contribution is -2.22. The number of aliphatic hydroxyl groups excluding tert-OH is 1. The zero-order valence-electron chi connectivity index (χ0n) is 15.1. The third kappa shape index (κ3) is 6.61. The second-order valence-electron chi connectivity index (χ2n) is 4.91. The number of allylic oxidation sites excluding steroid dienone is 2. The fourth-order valence-electron chi connectivity index (χ4n) is 1.89. The number of halogens is 4. The van der Waals surface area contributed by atoms with Crippen LogP contribution in [0.5, 0.6) is 0 Å². The average Bonchev–Trinajstić information content (AvgIpc) is 2.59.